The molecule has 0 amide bonds. The van der Waals surface area contributed by atoms with Crippen LogP contribution in [0.4, 0.5) is 0 Å². The van der Waals surface area contributed by atoms with E-state index in [4.69, 9.17) is 0 Å². The van der Waals surface area contributed by atoms with Gasteiger partial charge in [-0.3, -0.25) is 0 Å². The van der Waals surface area contributed by atoms with Crippen LogP contribution in [0, 0.1) is 12.8 Å². The summed E-state index contributed by atoms with van der Waals surface area (Å²) in [6.45, 7) is 8.30. The fraction of sp³-hybridized carbons (Fsp3) is 0.556. The third-order valence-corrected chi connectivity index (χ3v) is 6.33. The van der Waals surface area contributed by atoms with E-state index in [-0.39, 0.29) is 0 Å². The predicted octanol–water partition coefficient (Wildman–Crippen LogP) is 4.19. The number of rotatable bonds is 5. The van der Waals surface area contributed by atoms with Gasteiger partial charge in [0.15, 0.2) is 0 Å². The maximum atomic E-state index is 12.7. The molecule has 2 unspecified atom stereocenters. The normalized spacial score (nSPS) is 23.9. The van der Waals surface area contributed by atoms with Crippen LogP contribution in [-0.4, -0.2) is 14.0 Å². The van der Waals surface area contributed by atoms with Crippen molar-refractivity contribution < 1.29 is 8.42 Å². The summed E-state index contributed by atoms with van der Waals surface area (Å²) in [6, 6.07) is 7.03. The molecule has 0 fully saturated rings. The number of hydrogen-bond donors (Lipinski definition) is 1. The summed E-state index contributed by atoms with van der Waals surface area (Å²) in [5.41, 5.74) is 1.82. The second kappa shape index (κ2) is 6.55. The van der Waals surface area contributed by atoms with Gasteiger partial charge in [0.2, 0.25) is 10.0 Å². The van der Waals surface area contributed by atoms with E-state index in [2.05, 4.69) is 24.6 Å². The molecule has 1 aliphatic carbocycles. The second-order valence-electron chi connectivity index (χ2n) is 6.61. The smallest absolute Gasteiger partial charge is 0.207 e. The summed E-state index contributed by atoms with van der Waals surface area (Å²) >= 11 is 0. The lowest BCUT2D eigenvalue weighted by atomic mass is 9.76. The van der Waals surface area contributed by atoms with Gasteiger partial charge in [0.1, 0.15) is 0 Å². The molecule has 22 heavy (non-hydrogen) atoms. The van der Waals surface area contributed by atoms with Crippen LogP contribution in [0.1, 0.15) is 52.0 Å². The van der Waals surface area contributed by atoms with Crippen LogP contribution in [0.15, 0.2) is 40.8 Å². The third-order valence-electron chi connectivity index (χ3n) is 4.72. The van der Waals surface area contributed by atoms with Gasteiger partial charge in [0, 0.05) is 0 Å². The summed E-state index contributed by atoms with van der Waals surface area (Å²) in [4.78, 5) is 0.341. The molecular formula is C18H27NO2S. The van der Waals surface area contributed by atoms with E-state index in [9.17, 15) is 8.42 Å². The topological polar surface area (TPSA) is 46.2 Å². The van der Waals surface area contributed by atoms with Crippen molar-refractivity contribution in [1.82, 2.24) is 4.72 Å². The third kappa shape index (κ3) is 3.61. The highest BCUT2D eigenvalue weighted by Gasteiger charge is 2.37. The molecule has 2 atom stereocenters. The van der Waals surface area contributed by atoms with Gasteiger partial charge in [0.05, 0.1) is 10.4 Å². The lowest BCUT2D eigenvalue weighted by Crippen LogP contribution is -2.49. The van der Waals surface area contributed by atoms with Crippen LogP contribution in [0.5, 0.6) is 0 Å². The lowest BCUT2D eigenvalue weighted by molar-refractivity contribution is 0.374. The van der Waals surface area contributed by atoms with Crippen LogP contribution >= 0.6 is 0 Å². The monoisotopic (exact) mass is 321 g/mol. The second-order valence-corrected chi connectivity index (χ2v) is 8.29. The van der Waals surface area contributed by atoms with E-state index in [1.54, 1.807) is 12.1 Å². The first-order valence-electron chi connectivity index (χ1n) is 8.09. The Balaban J connectivity index is 2.32. The van der Waals surface area contributed by atoms with Crippen molar-refractivity contribution >= 4 is 10.0 Å². The predicted molar refractivity (Wildman–Crippen MR) is 91.3 cm³/mol. The Labute approximate surface area is 134 Å². The molecule has 4 heteroatoms. The van der Waals surface area contributed by atoms with Crippen molar-refractivity contribution in [3.05, 3.63) is 41.5 Å². The van der Waals surface area contributed by atoms with Crippen molar-refractivity contribution in [2.45, 2.75) is 63.8 Å². The Hall–Kier alpha value is -1.13. The zero-order chi connectivity index (χ0) is 16.4. The van der Waals surface area contributed by atoms with E-state index in [1.165, 1.54) is 5.57 Å². The molecule has 122 valence electrons. The molecule has 1 aromatic carbocycles. The summed E-state index contributed by atoms with van der Waals surface area (Å²) in [6.07, 6.45) is 6.17. The number of allylic oxidation sites excluding steroid dienone is 1. The van der Waals surface area contributed by atoms with Gasteiger partial charge in [-0.05, 0) is 57.6 Å². The summed E-state index contributed by atoms with van der Waals surface area (Å²) in [5.74, 6) is 0.394. The number of nitrogens with one attached hydrogen (secondary N) is 1. The highest BCUT2D eigenvalue weighted by molar-refractivity contribution is 7.89. The quantitative estimate of drug-likeness (QED) is 0.827. The number of hydrogen-bond acceptors (Lipinski definition) is 2. The fourth-order valence-corrected chi connectivity index (χ4v) is 4.66. The van der Waals surface area contributed by atoms with E-state index in [0.717, 1.165) is 31.2 Å². The minimum atomic E-state index is -3.50. The Morgan fingerprint density at radius 1 is 1.27 bits per heavy atom. The van der Waals surface area contributed by atoms with Gasteiger partial charge in [-0.1, -0.05) is 43.2 Å². The van der Waals surface area contributed by atoms with Crippen molar-refractivity contribution in [3.8, 4) is 0 Å². The van der Waals surface area contributed by atoms with Gasteiger partial charge in [0.25, 0.3) is 0 Å². The average molecular weight is 321 g/mol. The summed E-state index contributed by atoms with van der Waals surface area (Å²) in [5, 5.41) is 0. The Morgan fingerprint density at radius 2 is 1.91 bits per heavy atom. The first kappa shape index (κ1) is 17.2. The van der Waals surface area contributed by atoms with Crippen molar-refractivity contribution in [1.29, 1.82) is 0 Å². The minimum Gasteiger partial charge on any atom is -0.207 e. The van der Waals surface area contributed by atoms with Gasteiger partial charge in [-0.2, -0.15) is 0 Å². The van der Waals surface area contributed by atoms with Crippen LogP contribution < -0.4 is 4.72 Å². The Morgan fingerprint density at radius 3 is 2.50 bits per heavy atom. The van der Waals surface area contributed by atoms with Gasteiger partial charge >= 0.3 is 0 Å². The van der Waals surface area contributed by atoms with Gasteiger partial charge in [-0.15, -0.1) is 0 Å². The highest BCUT2D eigenvalue weighted by atomic mass is 32.2. The zero-order valence-electron chi connectivity index (χ0n) is 14.0. The molecular weight excluding hydrogens is 294 g/mol. The molecule has 0 saturated carbocycles. The van der Waals surface area contributed by atoms with Crippen molar-refractivity contribution in [3.63, 3.8) is 0 Å². The molecule has 0 aromatic heterocycles. The zero-order valence-corrected chi connectivity index (χ0v) is 14.8. The summed E-state index contributed by atoms with van der Waals surface area (Å²) < 4.78 is 28.4. The first-order chi connectivity index (χ1) is 10.3. The van der Waals surface area contributed by atoms with Crippen LogP contribution in [0.2, 0.25) is 0 Å². The Kier molecular flexibility index (Phi) is 5.13. The number of benzene rings is 1. The molecule has 1 N–H and O–H groups in total. The summed E-state index contributed by atoms with van der Waals surface area (Å²) in [7, 11) is -3.50. The van der Waals surface area contributed by atoms with Crippen molar-refractivity contribution in [2.75, 3.05) is 0 Å². The standard InChI is InChI=1S/C18H27NO2S/c1-5-15(3)17-8-6-7-13-18(17,4)19-22(20,21)16-11-9-14(2)10-12-16/h8-12,15,19H,5-7,13H2,1-4H3. The highest BCUT2D eigenvalue weighted by Crippen LogP contribution is 2.36. The Bertz CT molecular complexity index is 646. The van der Waals surface area contributed by atoms with E-state index < -0.39 is 15.6 Å². The van der Waals surface area contributed by atoms with Crippen LogP contribution in [-0.2, 0) is 10.0 Å². The lowest BCUT2D eigenvalue weighted by Gasteiger charge is -2.39. The molecule has 2 rings (SSSR count). The molecule has 0 bridgehead atoms. The molecule has 3 nitrogen and oxygen atoms in total. The molecule has 0 saturated heterocycles. The first-order valence-corrected chi connectivity index (χ1v) is 9.58. The van der Waals surface area contributed by atoms with Crippen LogP contribution in [0.25, 0.3) is 0 Å². The van der Waals surface area contributed by atoms with E-state index >= 15 is 0 Å². The van der Waals surface area contributed by atoms with Gasteiger partial charge in [-0.25, -0.2) is 13.1 Å². The number of aryl methyl sites for hydroxylation is 1. The van der Waals surface area contributed by atoms with E-state index in [1.807, 2.05) is 26.0 Å². The fourth-order valence-electron chi connectivity index (χ4n) is 3.23. The average Bonchev–Trinajstić information content (AvgIpc) is 2.46. The molecule has 1 aliphatic rings. The van der Waals surface area contributed by atoms with Crippen LogP contribution in [0.3, 0.4) is 0 Å². The van der Waals surface area contributed by atoms with Crippen molar-refractivity contribution in [2.24, 2.45) is 5.92 Å². The van der Waals surface area contributed by atoms with E-state index in [0.29, 0.717) is 10.8 Å². The maximum Gasteiger partial charge on any atom is 0.241 e. The molecule has 0 aliphatic heterocycles. The SMILES string of the molecule is CCC(C)C1=CCCCC1(C)NS(=O)(=O)c1ccc(C)cc1. The molecule has 1 aromatic rings. The molecule has 0 heterocycles. The van der Waals surface area contributed by atoms with Gasteiger partial charge < -0.3 is 0 Å². The molecule has 0 spiro atoms. The number of sulfonamides is 1. The minimum absolute atomic E-state index is 0.341. The molecule has 0 radical (unpaired) electrons. The maximum absolute atomic E-state index is 12.7. The largest absolute Gasteiger partial charge is 0.241 e.